The van der Waals surface area contributed by atoms with Crippen molar-refractivity contribution in [3.63, 3.8) is 0 Å². The highest BCUT2D eigenvalue weighted by Crippen LogP contribution is 2.45. The lowest BCUT2D eigenvalue weighted by Crippen LogP contribution is -2.29. The number of amides is 1. The molecule has 0 saturated carbocycles. The Labute approximate surface area is 188 Å². The first-order chi connectivity index (χ1) is 16.0. The Balaban J connectivity index is 1.82. The van der Waals surface area contributed by atoms with Crippen molar-refractivity contribution in [1.82, 2.24) is 0 Å². The average Bonchev–Trinajstić information content (AvgIpc) is 3.09. The number of hydrogen-bond donors (Lipinski definition) is 2. The molecule has 1 atom stereocenters. The summed E-state index contributed by atoms with van der Waals surface area (Å²) in [5.41, 5.74) is 0.181. The first-order valence-electron chi connectivity index (χ1n) is 10.3. The minimum absolute atomic E-state index is 0.0294. The molecule has 1 unspecified atom stereocenters. The Morgan fingerprint density at radius 2 is 1.48 bits per heavy atom. The molecule has 2 N–H and O–H groups in total. The Kier molecular flexibility index (Phi) is 4.90. The van der Waals surface area contributed by atoms with Crippen molar-refractivity contribution in [1.29, 1.82) is 0 Å². The van der Waals surface area contributed by atoms with Gasteiger partial charge in [0, 0.05) is 11.1 Å². The molecule has 0 aromatic heterocycles. The largest absolute Gasteiger partial charge is 0.507 e. The van der Waals surface area contributed by atoms with Crippen LogP contribution < -0.4 is 4.90 Å². The monoisotopic (exact) mass is 439 g/mol. The normalized spacial score (nSPS) is 17.6. The van der Waals surface area contributed by atoms with Gasteiger partial charge in [-0.25, -0.2) is 4.39 Å². The number of rotatable bonds is 3. The van der Waals surface area contributed by atoms with E-state index < -0.39 is 29.3 Å². The summed E-state index contributed by atoms with van der Waals surface area (Å²) in [4.78, 5) is 27.4. The van der Waals surface area contributed by atoms with Crippen LogP contribution in [0.2, 0.25) is 0 Å². The molecular weight excluding hydrogens is 421 g/mol. The number of ketones is 1. The van der Waals surface area contributed by atoms with Gasteiger partial charge in [-0.2, -0.15) is 0 Å². The van der Waals surface area contributed by atoms with Gasteiger partial charge in [0.25, 0.3) is 11.7 Å². The number of aromatic hydroxyl groups is 1. The van der Waals surface area contributed by atoms with E-state index in [-0.39, 0.29) is 22.6 Å². The Hall–Kier alpha value is -4.45. The zero-order chi connectivity index (χ0) is 23.1. The molecule has 1 aliphatic rings. The van der Waals surface area contributed by atoms with E-state index >= 15 is 0 Å². The Morgan fingerprint density at radius 1 is 0.818 bits per heavy atom. The van der Waals surface area contributed by atoms with Gasteiger partial charge in [0.1, 0.15) is 17.3 Å². The van der Waals surface area contributed by atoms with E-state index in [1.807, 2.05) is 18.2 Å². The number of aliphatic hydroxyl groups is 1. The highest BCUT2D eigenvalue weighted by Gasteiger charge is 2.48. The van der Waals surface area contributed by atoms with Crippen LogP contribution in [0.1, 0.15) is 17.2 Å². The molecule has 0 radical (unpaired) electrons. The standard InChI is InChI=1S/C27H18FNO4/c28-20-13-4-3-11-19(20)24-23(25(31)18-12-7-9-16-8-1-2-10-17(16)18)26(32)27(33)29(24)21-14-5-6-15-22(21)30/h1-15,24,30-31H/b25-23+. The van der Waals surface area contributed by atoms with E-state index in [1.54, 1.807) is 42.5 Å². The lowest BCUT2D eigenvalue weighted by molar-refractivity contribution is -0.132. The van der Waals surface area contributed by atoms with Gasteiger partial charge in [0.2, 0.25) is 0 Å². The van der Waals surface area contributed by atoms with Crippen molar-refractivity contribution in [3.8, 4) is 5.75 Å². The number of phenolic OH excluding ortho intramolecular Hbond substituents is 1. The number of fused-ring (bicyclic) bond motifs is 1. The summed E-state index contributed by atoms with van der Waals surface area (Å²) in [6.45, 7) is 0. The molecule has 0 bridgehead atoms. The quantitative estimate of drug-likeness (QED) is 0.258. The van der Waals surface area contributed by atoms with Crippen LogP contribution in [0.5, 0.6) is 5.75 Å². The lowest BCUT2D eigenvalue weighted by atomic mass is 9.93. The zero-order valence-electron chi connectivity index (χ0n) is 17.3. The zero-order valence-corrected chi connectivity index (χ0v) is 17.3. The van der Waals surface area contributed by atoms with Crippen LogP contribution in [0.4, 0.5) is 10.1 Å². The fourth-order valence-corrected chi connectivity index (χ4v) is 4.32. The van der Waals surface area contributed by atoms with Gasteiger partial charge >= 0.3 is 0 Å². The molecule has 5 rings (SSSR count). The number of Topliss-reactive ketones (excluding diaryl/α,β-unsaturated/α-hetero) is 1. The number of anilines is 1. The molecule has 1 amide bonds. The maximum absolute atomic E-state index is 15.0. The van der Waals surface area contributed by atoms with Crippen molar-refractivity contribution in [2.45, 2.75) is 6.04 Å². The van der Waals surface area contributed by atoms with Gasteiger partial charge in [-0.05, 0) is 29.0 Å². The van der Waals surface area contributed by atoms with Gasteiger partial charge in [-0.3, -0.25) is 14.5 Å². The minimum Gasteiger partial charge on any atom is -0.507 e. The molecule has 5 nitrogen and oxygen atoms in total. The van der Waals surface area contributed by atoms with Crippen molar-refractivity contribution >= 4 is 33.9 Å². The van der Waals surface area contributed by atoms with E-state index in [4.69, 9.17) is 0 Å². The van der Waals surface area contributed by atoms with Crippen LogP contribution in [0.15, 0.2) is 96.6 Å². The Bertz CT molecular complexity index is 1450. The number of nitrogens with zero attached hydrogens (tertiary/aromatic N) is 1. The first kappa shape index (κ1) is 20.5. The van der Waals surface area contributed by atoms with E-state index in [2.05, 4.69) is 0 Å². The van der Waals surface area contributed by atoms with Gasteiger partial charge < -0.3 is 10.2 Å². The predicted molar refractivity (Wildman–Crippen MR) is 123 cm³/mol. The number of hydrogen-bond acceptors (Lipinski definition) is 4. The molecule has 0 spiro atoms. The van der Waals surface area contributed by atoms with Crippen molar-refractivity contribution in [2.24, 2.45) is 0 Å². The van der Waals surface area contributed by atoms with Crippen LogP contribution in [0.3, 0.4) is 0 Å². The number of halogens is 1. The molecule has 1 aliphatic heterocycles. The van der Waals surface area contributed by atoms with Crippen molar-refractivity contribution in [2.75, 3.05) is 4.90 Å². The average molecular weight is 439 g/mol. The Morgan fingerprint density at radius 3 is 2.27 bits per heavy atom. The summed E-state index contributed by atoms with van der Waals surface area (Å²) >= 11 is 0. The fourth-order valence-electron chi connectivity index (χ4n) is 4.32. The smallest absolute Gasteiger partial charge is 0.300 e. The van der Waals surface area contributed by atoms with E-state index in [0.717, 1.165) is 10.3 Å². The highest BCUT2D eigenvalue weighted by atomic mass is 19.1. The second kappa shape index (κ2) is 7.91. The second-order valence-electron chi connectivity index (χ2n) is 7.71. The molecule has 4 aromatic carbocycles. The number of carbonyl (C=O) groups excluding carboxylic acids is 2. The van der Waals surface area contributed by atoms with Gasteiger partial charge in [0.15, 0.2) is 0 Å². The van der Waals surface area contributed by atoms with E-state index in [1.165, 1.54) is 30.3 Å². The predicted octanol–water partition coefficient (Wildman–Crippen LogP) is 5.31. The van der Waals surface area contributed by atoms with Crippen molar-refractivity contribution in [3.05, 3.63) is 114 Å². The van der Waals surface area contributed by atoms with E-state index in [0.29, 0.717) is 10.9 Å². The number of aliphatic hydroxyl groups excluding tert-OH is 1. The molecule has 4 aromatic rings. The third-order valence-corrected chi connectivity index (χ3v) is 5.83. The number of benzene rings is 4. The third-order valence-electron chi connectivity index (χ3n) is 5.83. The molecule has 6 heteroatoms. The maximum atomic E-state index is 15.0. The molecule has 0 aliphatic carbocycles. The summed E-state index contributed by atoms with van der Waals surface area (Å²) < 4.78 is 15.0. The molecule has 33 heavy (non-hydrogen) atoms. The number of phenols is 1. The highest BCUT2D eigenvalue weighted by molar-refractivity contribution is 6.52. The summed E-state index contributed by atoms with van der Waals surface area (Å²) in [5, 5.41) is 23.3. The van der Waals surface area contributed by atoms with Crippen LogP contribution in [0, 0.1) is 5.82 Å². The van der Waals surface area contributed by atoms with Crippen LogP contribution in [0.25, 0.3) is 16.5 Å². The molecule has 1 fully saturated rings. The minimum atomic E-state index is -1.27. The molecule has 162 valence electrons. The maximum Gasteiger partial charge on any atom is 0.300 e. The van der Waals surface area contributed by atoms with Crippen LogP contribution >= 0.6 is 0 Å². The molecular formula is C27H18FNO4. The molecule has 1 heterocycles. The topological polar surface area (TPSA) is 77.8 Å². The summed E-state index contributed by atoms with van der Waals surface area (Å²) in [5.74, 6) is -3.22. The first-order valence-corrected chi connectivity index (χ1v) is 10.3. The van der Waals surface area contributed by atoms with Crippen LogP contribution in [-0.4, -0.2) is 21.9 Å². The summed E-state index contributed by atoms with van der Waals surface area (Å²) in [7, 11) is 0. The summed E-state index contributed by atoms with van der Waals surface area (Å²) in [6.07, 6.45) is 0. The van der Waals surface area contributed by atoms with E-state index in [9.17, 15) is 24.2 Å². The number of para-hydroxylation sites is 2. The van der Waals surface area contributed by atoms with Gasteiger partial charge in [-0.15, -0.1) is 0 Å². The van der Waals surface area contributed by atoms with Gasteiger partial charge in [-0.1, -0.05) is 72.8 Å². The number of carbonyl (C=O) groups is 2. The molecule has 1 saturated heterocycles. The van der Waals surface area contributed by atoms with Crippen molar-refractivity contribution < 1.29 is 24.2 Å². The third kappa shape index (κ3) is 3.24. The van der Waals surface area contributed by atoms with Gasteiger partial charge in [0.05, 0.1) is 17.3 Å². The fraction of sp³-hybridized carbons (Fsp3) is 0.0370. The lowest BCUT2D eigenvalue weighted by Gasteiger charge is -2.26. The second-order valence-corrected chi connectivity index (χ2v) is 7.71. The summed E-state index contributed by atoms with van der Waals surface area (Å²) in [6, 6.07) is 23.0. The van der Waals surface area contributed by atoms with Crippen LogP contribution in [-0.2, 0) is 9.59 Å². The SMILES string of the molecule is O=C1C(=O)N(c2ccccc2O)C(c2ccccc2F)/C1=C(\O)c1cccc2ccccc12.